The molecule has 0 aliphatic heterocycles. The first kappa shape index (κ1) is 16.9. The van der Waals surface area contributed by atoms with Gasteiger partial charge in [-0.3, -0.25) is 0 Å². The molecule has 5 nitrogen and oxygen atoms in total. The van der Waals surface area contributed by atoms with Crippen molar-refractivity contribution in [2.24, 2.45) is 5.41 Å². The predicted octanol–water partition coefficient (Wildman–Crippen LogP) is 2.18. The van der Waals surface area contributed by atoms with Crippen LogP contribution >= 0.6 is 0 Å². The van der Waals surface area contributed by atoms with Gasteiger partial charge in [0.1, 0.15) is 0 Å². The van der Waals surface area contributed by atoms with Crippen LogP contribution in [0, 0.1) is 16.7 Å². The van der Waals surface area contributed by atoms with Crippen LogP contribution in [0.1, 0.15) is 38.3 Å². The molecule has 1 aliphatic carbocycles. The van der Waals surface area contributed by atoms with Gasteiger partial charge in [-0.1, -0.05) is 26.0 Å². The Morgan fingerprint density at radius 2 is 2.18 bits per heavy atom. The van der Waals surface area contributed by atoms with E-state index >= 15 is 0 Å². The van der Waals surface area contributed by atoms with E-state index < -0.39 is 10.0 Å². The third-order valence-electron chi connectivity index (χ3n) is 4.28. The molecule has 1 fully saturated rings. The molecule has 6 heteroatoms. The third-order valence-corrected chi connectivity index (χ3v) is 5.64. The molecule has 1 N–H and O–H groups in total. The fourth-order valence-corrected chi connectivity index (χ4v) is 4.31. The van der Waals surface area contributed by atoms with Gasteiger partial charge in [-0.15, -0.1) is 0 Å². The average Bonchev–Trinajstić information content (AvgIpc) is 2.46. The van der Waals surface area contributed by atoms with E-state index in [9.17, 15) is 8.42 Å². The number of nitrogens with zero attached hydrogens (tertiary/aromatic N) is 1. The topological polar surface area (TPSA) is 79.2 Å². The minimum atomic E-state index is -3.44. The van der Waals surface area contributed by atoms with E-state index in [1.165, 1.54) is 0 Å². The number of ether oxygens (including phenoxy) is 1. The van der Waals surface area contributed by atoms with Crippen LogP contribution < -0.4 is 4.72 Å². The van der Waals surface area contributed by atoms with Crippen LogP contribution in [0.15, 0.2) is 24.3 Å². The zero-order valence-electron chi connectivity index (χ0n) is 13.2. The highest BCUT2D eigenvalue weighted by atomic mass is 32.2. The van der Waals surface area contributed by atoms with Crippen LogP contribution in [0.4, 0.5) is 0 Å². The minimum Gasteiger partial charge on any atom is -0.378 e. The first-order chi connectivity index (χ1) is 10.3. The molecule has 0 radical (unpaired) electrons. The summed E-state index contributed by atoms with van der Waals surface area (Å²) in [6.07, 6.45) is 0.783. The van der Waals surface area contributed by atoms with E-state index in [2.05, 4.69) is 4.72 Å². The number of hydrogen-bond donors (Lipinski definition) is 1. The number of nitriles is 1. The molecule has 2 atom stereocenters. The van der Waals surface area contributed by atoms with Gasteiger partial charge in [0.2, 0.25) is 10.0 Å². The van der Waals surface area contributed by atoms with Crippen LogP contribution in [0.3, 0.4) is 0 Å². The third kappa shape index (κ3) is 3.67. The summed E-state index contributed by atoms with van der Waals surface area (Å²) in [5.74, 6) is -0.117. The fraction of sp³-hybridized carbons (Fsp3) is 0.562. The highest BCUT2D eigenvalue weighted by Gasteiger charge is 2.50. The molecule has 0 spiro atoms. The van der Waals surface area contributed by atoms with Crippen LogP contribution in [0.2, 0.25) is 0 Å². The molecule has 1 aromatic rings. The molecule has 0 aromatic heterocycles. The summed E-state index contributed by atoms with van der Waals surface area (Å²) < 4.78 is 33.0. The lowest BCUT2D eigenvalue weighted by Crippen LogP contribution is -2.62. The van der Waals surface area contributed by atoms with Gasteiger partial charge >= 0.3 is 0 Å². The number of nitrogens with one attached hydrogen (secondary N) is 1. The number of rotatable bonds is 6. The standard InChI is InChI=1S/C16H22N2O3S/c1-4-21-15-9-14(16(15,2)3)18-22(19,20)11-13-7-5-6-12(8-13)10-17/h5-8,14-15,18H,4,9,11H2,1-3H3/t14-,15-/m1/s1. The summed E-state index contributed by atoms with van der Waals surface area (Å²) in [5, 5.41) is 8.87. The molecule has 1 aromatic carbocycles. The van der Waals surface area contributed by atoms with Crippen molar-refractivity contribution in [3.05, 3.63) is 35.4 Å². The Balaban J connectivity index is 2.02. The Kier molecular flexibility index (Phi) is 4.90. The van der Waals surface area contributed by atoms with Crippen molar-refractivity contribution in [1.29, 1.82) is 5.26 Å². The van der Waals surface area contributed by atoms with Gasteiger partial charge in [0.15, 0.2) is 0 Å². The summed E-state index contributed by atoms with van der Waals surface area (Å²) in [4.78, 5) is 0. The lowest BCUT2D eigenvalue weighted by Gasteiger charge is -2.51. The second-order valence-electron chi connectivity index (χ2n) is 6.24. The maximum atomic E-state index is 12.3. The predicted molar refractivity (Wildman–Crippen MR) is 84.5 cm³/mol. The first-order valence-electron chi connectivity index (χ1n) is 7.39. The molecule has 0 saturated heterocycles. The van der Waals surface area contributed by atoms with E-state index in [-0.39, 0.29) is 23.3 Å². The number of sulfonamides is 1. The maximum absolute atomic E-state index is 12.3. The summed E-state index contributed by atoms with van der Waals surface area (Å²) in [6, 6.07) is 8.58. The molecule has 0 amide bonds. The quantitative estimate of drug-likeness (QED) is 0.870. The average molecular weight is 322 g/mol. The molecule has 2 rings (SSSR count). The fourth-order valence-electron chi connectivity index (χ4n) is 2.78. The van der Waals surface area contributed by atoms with Gasteiger partial charge in [0, 0.05) is 18.1 Å². The molecule has 120 valence electrons. The van der Waals surface area contributed by atoms with E-state index in [1.807, 2.05) is 26.8 Å². The van der Waals surface area contributed by atoms with Crippen molar-refractivity contribution < 1.29 is 13.2 Å². The molecule has 1 saturated carbocycles. The van der Waals surface area contributed by atoms with Crippen LogP contribution in [0.25, 0.3) is 0 Å². The van der Waals surface area contributed by atoms with Crippen LogP contribution in [0.5, 0.6) is 0 Å². The van der Waals surface area contributed by atoms with E-state index in [1.54, 1.807) is 24.3 Å². The SMILES string of the molecule is CCO[C@@H]1C[C@@H](NS(=O)(=O)Cc2cccc(C#N)c2)C1(C)C. The van der Waals surface area contributed by atoms with Gasteiger partial charge in [-0.25, -0.2) is 13.1 Å². The molecule has 0 bridgehead atoms. The Morgan fingerprint density at radius 3 is 2.77 bits per heavy atom. The van der Waals surface area contributed by atoms with Crippen molar-refractivity contribution >= 4 is 10.0 Å². The first-order valence-corrected chi connectivity index (χ1v) is 9.04. The Bertz CT molecular complexity index is 677. The van der Waals surface area contributed by atoms with Crippen molar-refractivity contribution in [2.75, 3.05) is 6.61 Å². The Hall–Kier alpha value is -1.42. The maximum Gasteiger partial charge on any atom is 0.216 e. The van der Waals surface area contributed by atoms with E-state index in [0.717, 1.165) is 0 Å². The van der Waals surface area contributed by atoms with E-state index in [4.69, 9.17) is 10.00 Å². The van der Waals surface area contributed by atoms with Gasteiger partial charge < -0.3 is 4.74 Å². The summed E-state index contributed by atoms with van der Waals surface area (Å²) in [6.45, 7) is 6.60. The Labute approximate surface area is 132 Å². The highest BCUT2D eigenvalue weighted by Crippen LogP contribution is 2.43. The smallest absolute Gasteiger partial charge is 0.216 e. The zero-order valence-corrected chi connectivity index (χ0v) is 14.0. The molecular formula is C16H22N2O3S. The lowest BCUT2D eigenvalue weighted by atomic mass is 9.65. The molecule has 22 heavy (non-hydrogen) atoms. The van der Waals surface area contributed by atoms with Gasteiger partial charge in [-0.2, -0.15) is 5.26 Å². The zero-order chi connectivity index (χ0) is 16.4. The molecule has 0 heterocycles. The summed E-state index contributed by atoms with van der Waals surface area (Å²) in [7, 11) is -3.44. The molecule has 1 aliphatic rings. The van der Waals surface area contributed by atoms with Gasteiger partial charge in [0.25, 0.3) is 0 Å². The Morgan fingerprint density at radius 1 is 1.45 bits per heavy atom. The second kappa shape index (κ2) is 6.37. The highest BCUT2D eigenvalue weighted by molar-refractivity contribution is 7.88. The summed E-state index contributed by atoms with van der Waals surface area (Å²) in [5.41, 5.74) is 0.871. The summed E-state index contributed by atoms with van der Waals surface area (Å²) >= 11 is 0. The number of benzene rings is 1. The normalized spacial score (nSPS) is 23.5. The largest absolute Gasteiger partial charge is 0.378 e. The lowest BCUT2D eigenvalue weighted by molar-refractivity contribution is -0.108. The van der Waals surface area contributed by atoms with Crippen LogP contribution in [-0.2, 0) is 20.5 Å². The molecular weight excluding hydrogens is 300 g/mol. The monoisotopic (exact) mass is 322 g/mol. The van der Waals surface area contributed by atoms with E-state index in [0.29, 0.717) is 24.2 Å². The van der Waals surface area contributed by atoms with Crippen LogP contribution in [-0.4, -0.2) is 27.2 Å². The van der Waals surface area contributed by atoms with Crippen molar-refractivity contribution in [3.63, 3.8) is 0 Å². The van der Waals surface area contributed by atoms with Crippen molar-refractivity contribution in [1.82, 2.24) is 4.72 Å². The molecule has 0 unspecified atom stereocenters. The minimum absolute atomic E-state index is 0.0899. The van der Waals surface area contributed by atoms with Crippen molar-refractivity contribution in [2.45, 2.75) is 45.1 Å². The second-order valence-corrected chi connectivity index (χ2v) is 8.00. The van der Waals surface area contributed by atoms with Gasteiger partial charge in [0.05, 0.1) is 23.5 Å². The van der Waals surface area contributed by atoms with Gasteiger partial charge in [-0.05, 0) is 31.0 Å². The number of hydrogen-bond acceptors (Lipinski definition) is 4. The van der Waals surface area contributed by atoms with Crippen molar-refractivity contribution in [3.8, 4) is 6.07 Å².